The Morgan fingerprint density at radius 1 is 0.333 bits per heavy atom. The van der Waals surface area contributed by atoms with Crippen LogP contribution in [0, 0.1) is 0 Å². The van der Waals surface area contributed by atoms with Gasteiger partial charge in [-0.3, -0.25) is 0 Å². The van der Waals surface area contributed by atoms with Gasteiger partial charge in [0, 0.05) is 44.3 Å². The molecule has 9 aromatic rings. The lowest BCUT2D eigenvalue weighted by atomic mass is 9.73. The number of fused-ring (bicyclic) bond motifs is 9. The number of anilines is 6. The average molecular weight is 811 g/mol. The van der Waals surface area contributed by atoms with Crippen LogP contribution in [-0.2, 0) is 16.2 Å². The van der Waals surface area contributed by atoms with Gasteiger partial charge >= 0.3 is 0 Å². The monoisotopic (exact) mass is 810 g/mol. The highest BCUT2D eigenvalue weighted by Crippen LogP contribution is 2.58. The van der Waals surface area contributed by atoms with E-state index in [1.54, 1.807) is 0 Å². The highest BCUT2D eigenvalue weighted by Gasteiger charge is 2.40. The van der Waals surface area contributed by atoms with E-state index in [9.17, 15) is 0 Å². The molecular weight excluding hydrogens is 761 g/mol. The second kappa shape index (κ2) is 13.4. The van der Waals surface area contributed by atoms with E-state index in [1.807, 2.05) is 0 Å². The molecule has 1 heterocycles. The molecule has 9 aromatic carbocycles. The molecule has 0 spiro atoms. The van der Waals surface area contributed by atoms with Gasteiger partial charge < -0.3 is 9.80 Å². The third-order valence-corrected chi connectivity index (χ3v) is 14.8. The molecule has 3 aliphatic rings. The van der Waals surface area contributed by atoms with Crippen molar-refractivity contribution in [2.45, 2.75) is 57.8 Å². The molecule has 0 aromatic heterocycles. The summed E-state index contributed by atoms with van der Waals surface area (Å²) in [4.78, 5) is 5.05. The molecule has 0 radical (unpaired) electrons. The van der Waals surface area contributed by atoms with Crippen LogP contribution in [-0.4, -0.2) is 0 Å². The Hall–Kier alpha value is -7.16. The third-order valence-electron chi connectivity index (χ3n) is 14.8. The molecule has 2 heteroatoms. The van der Waals surface area contributed by atoms with E-state index in [1.165, 1.54) is 94.6 Å². The summed E-state index contributed by atoms with van der Waals surface area (Å²) in [6.07, 6.45) is 0. The lowest BCUT2D eigenvalue weighted by molar-refractivity contribution is 0.632. The maximum atomic E-state index is 2.59. The van der Waals surface area contributed by atoms with Gasteiger partial charge in [-0.2, -0.15) is 0 Å². The molecular formula is C61H50N2. The fraction of sp³-hybridized carbons (Fsp3) is 0.148. The predicted molar refractivity (Wildman–Crippen MR) is 266 cm³/mol. The molecule has 12 rings (SSSR count). The molecule has 0 bridgehead atoms. The minimum absolute atomic E-state index is 0.112. The van der Waals surface area contributed by atoms with Crippen molar-refractivity contribution in [3.63, 3.8) is 0 Å². The SMILES string of the molecule is CC1(C)c2ccccc2-c2ccc(-c3ccc4ccccc4c3N3c4ccccc4C(C)(C)c4ccc(N(c5ccccc5)c5ccc6c(c5)C(C)(C)c5ccccc5-6)cc43)cc21. The molecule has 0 saturated heterocycles. The van der Waals surface area contributed by atoms with Crippen molar-refractivity contribution in [3.05, 3.63) is 228 Å². The topological polar surface area (TPSA) is 6.48 Å². The first-order valence-electron chi connectivity index (χ1n) is 22.4. The van der Waals surface area contributed by atoms with Crippen molar-refractivity contribution >= 4 is 44.9 Å². The van der Waals surface area contributed by atoms with Gasteiger partial charge in [0.1, 0.15) is 0 Å². The van der Waals surface area contributed by atoms with E-state index in [0.717, 1.165) is 17.1 Å². The molecule has 0 unspecified atom stereocenters. The largest absolute Gasteiger partial charge is 0.310 e. The lowest BCUT2D eigenvalue weighted by Gasteiger charge is -2.43. The Kier molecular flexibility index (Phi) is 8.01. The van der Waals surface area contributed by atoms with E-state index in [4.69, 9.17) is 0 Å². The Morgan fingerprint density at radius 2 is 0.841 bits per heavy atom. The van der Waals surface area contributed by atoms with Crippen LogP contribution in [0.5, 0.6) is 0 Å². The van der Waals surface area contributed by atoms with E-state index < -0.39 is 0 Å². The average Bonchev–Trinajstić information content (AvgIpc) is 3.68. The number of rotatable bonds is 5. The smallest absolute Gasteiger partial charge is 0.0618 e. The first kappa shape index (κ1) is 37.6. The summed E-state index contributed by atoms with van der Waals surface area (Å²) in [5.74, 6) is 0. The Bertz CT molecular complexity index is 3330. The molecule has 0 atom stereocenters. The van der Waals surface area contributed by atoms with Crippen molar-refractivity contribution < 1.29 is 0 Å². The summed E-state index contributed by atoms with van der Waals surface area (Å²) in [5, 5.41) is 2.45. The number of hydrogen-bond donors (Lipinski definition) is 0. The molecule has 304 valence electrons. The van der Waals surface area contributed by atoms with Gasteiger partial charge in [0.15, 0.2) is 0 Å². The van der Waals surface area contributed by atoms with E-state index in [2.05, 4.69) is 245 Å². The summed E-state index contributed by atoms with van der Waals surface area (Å²) in [6.45, 7) is 14.3. The molecule has 0 fully saturated rings. The third kappa shape index (κ3) is 5.37. The molecule has 0 saturated carbocycles. The maximum Gasteiger partial charge on any atom is 0.0618 e. The zero-order valence-electron chi connectivity index (χ0n) is 36.9. The van der Waals surface area contributed by atoms with Crippen LogP contribution in [0.3, 0.4) is 0 Å². The van der Waals surface area contributed by atoms with Gasteiger partial charge in [-0.25, -0.2) is 0 Å². The fourth-order valence-corrected chi connectivity index (χ4v) is 11.5. The predicted octanol–water partition coefficient (Wildman–Crippen LogP) is 16.7. The van der Waals surface area contributed by atoms with E-state index in [-0.39, 0.29) is 16.2 Å². The molecule has 2 aliphatic carbocycles. The maximum absolute atomic E-state index is 2.59. The minimum Gasteiger partial charge on any atom is -0.310 e. The van der Waals surface area contributed by atoms with Gasteiger partial charge in [-0.1, -0.05) is 187 Å². The van der Waals surface area contributed by atoms with Crippen molar-refractivity contribution in [2.75, 3.05) is 9.80 Å². The quantitative estimate of drug-likeness (QED) is 0.171. The molecule has 0 amide bonds. The van der Waals surface area contributed by atoms with Crippen LogP contribution in [0.1, 0.15) is 74.9 Å². The van der Waals surface area contributed by atoms with Gasteiger partial charge in [-0.15, -0.1) is 0 Å². The van der Waals surface area contributed by atoms with Gasteiger partial charge in [-0.05, 0) is 115 Å². The summed E-state index contributed by atoms with van der Waals surface area (Å²) < 4.78 is 0. The first-order chi connectivity index (χ1) is 30.5. The standard InChI is InChI=1S/C61H50N2/c1-59(2)50-24-14-12-22-46(50)48-33-29-40(36-54(48)59)45-32-28-39-18-10-11-21-44(39)58(45)63-56-27-17-16-26-52(56)61(5,6)53-35-31-43(38-57(53)63)62(41-19-8-7-9-20-41)42-30-34-49-47-23-13-15-25-51(47)60(3,4)55(49)37-42/h7-38H,1-6H3. The number of nitrogens with zero attached hydrogens (tertiary/aromatic N) is 2. The van der Waals surface area contributed by atoms with Crippen LogP contribution in [0.4, 0.5) is 34.1 Å². The number of hydrogen-bond acceptors (Lipinski definition) is 2. The number of benzene rings is 9. The van der Waals surface area contributed by atoms with Gasteiger partial charge in [0.2, 0.25) is 0 Å². The Labute approximate surface area is 371 Å². The highest BCUT2D eigenvalue weighted by atomic mass is 15.2. The number of para-hydroxylation sites is 2. The lowest BCUT2D eigenvalue weighted by Crippen LogP contribution is -2.31. The van der Waals surface area contributed by atoms with Crippen molar-refractivity contribution in [3.8, 4) is 33.4 Å². The van der Waals surface area contributed by atoms with E-state index >= 15 is 0 Å². The van der Waals surface area contributed by atoms with Crippen molar-refractivity contribution in [1.82, 2.24) is 0 Å². The summed E-state index contributed by atoms with van der Waals surface area (Å²) in [7, 11) is 0. The van der Waals surface area contributed by atoms with Crippen molar-refractivity contribution in [2.24, 2.45) is 0 Å². The van der Waals surface area contributed by atoms with Crippen molar-refractivity contribution in [1.29, 1.82) is 0 Å². The molecule has 1 aliphatic heterocycles. The molecule has 2 nitrogen and oxygen atoms in total. The summed E-state index contributed by atoms with van der Waals surface area (Å²) >= 11 is 0. The van der Waals surface area contributed by atoms with Gasteiger partial charge in [0.25, 0.3) is 0 Å². The zero-order valence-corrected chi connectivity index (χ0v) is 36.9. The fourth-order valence-electron chi connectivity index (χ4n) is 11.5. The Balaban J connectivity index is 1.10. The Morgan fingerprint density at radius 3 is 1.57 bits per heavy atom. The summed E-state index contributed by atoms with van der Waals surface area (Å²) in [5.41, 5.74) is 22.4. The zero-order chi connectivity index (χ0) is 42.8. The minimum atomic E-state index is -0.254. The first-order valence-corrected chi connectivity index (χ1v) is 22.4. The van der Waals surface area contributed by atoms with Crippen LogP contribution >= 0.6 is 0 Å². The van der Waals surface area contributed by atoms with E-state index in [0.29, 0.717) is 0 Å². The van der Waals surface area contributed by atoms with Crippen LogP contribution in [0.25, 0.3) is 44.2 Å². The van der Waals surface area contributed by atoms with Gasteiger partial charge in [0.05, 0.1) is 17.1 Å². The molecule has 63 heavy (non-hydrogen) atoms. The van der Waals surface area contributed by atoms with Crippen LogP contribution < -0.4 is 9.80 Å². The normalized spacial score (nSPS) is 15.5. The van der Waals surface area contributed by atoms with Crippen LogP contribution in [0.15, 0.2) is 194 Å². The van der Waals surface area contributed by atoms with Crippen LogP contribution in [0.2, 0.25) is 0 Å². The summed E-state index contributed by atoms with van der Waals surface area (Å²) in [6, 6.07) is 72.9. The highest BCUT2D eigenvalue weighted by molar-refractivity contribution is 6.08. The molecule has 0 N–H and O–H groups in total. The second-order valence-corrected chi connectivity index (χ2v) is 19.4. The second-order valence-electron chi connectivity index (χ2n) is 19.4.